The molecule has 0 heteroatoms. The van der Waals surface area contributed by atoms with Gasteiger partial charge in [0.1, 0.15) is 0 Å². The molecule has 2 aliphatic rings. The van der Waals surface area contributed by atoms with Gasteiger partial charge in [-0.15, -0.1) is 0 Å². The van der Waals surface area contributed by atoms with E-state index in [1.807, 2.05) is 0 Å². The first-order valence-electron chi connectivity index (χ1n) is 6.20. The average Bonchev–Trinajstić information content (AvgIpc) is 2.79. The molecular formula is C13H24. The highest BCUT2D eigenvalue weighted by Gasteiger charge is 2.58. The van der Waals surface area contributed by atoms with Crippen molar-refractivity contribution in [3.63, 3.8) is 0 Å². The third kappa shape index (κ3) is 1.33. The Balaban J connectivity index is 2.08. The standard InChI is InChI=1S/C13H24/c1-5-10-8(3)7-9(4)12-11(6-2)13(10)12/h8-13H,5-7H2,1-4H3. The van der Waals surface area contributed by atoms with Crippen molar-refractivity contribution in [1.29, 1.82) is 0 Å². The molecule has 13 heavy (non-hydrogen) atoms. The molecule has 0 aliphatic heterocycles. The van der Waals surface area contributed by atoms with Crippen LogP contribution >= 0.6 is 0 Å². The van der Waals surface area contributed by atoms with Crippen LogP contribution in [0.15, 0.2) is 0 Å². The summed E-state index contributed by atoms with van der Waals surface area (Å²) in [6.07, 6.45) is 4.35. The van der Waals surface area contributed by atoms with Crippen LogP contribution in [0.2, 0.25) is 0 Å². The quantitative estimate of drug-likeness (QED) is 0.603. The topological polar surface area (TPSA) is 0 Å². The third-order valence-corrected chi connectivity index (χ3v) is 4.86. The number of hydrogen-bond acceptors (Lipinski definition) is 0. The van der Waals surface area contributed by atoms with Gasteiger partial charge in [-0.25, -0.2) is 0 Å². The average molecular weight is 180 g/mol. The Morgan fingerprint density at radius 3 is 2.00 bits per heavy atom. The molecule has 0 amide bonds. The van der Waals surface area contributed by atoms with Crippen LogP contribution in [0.25, 0.3) is 0 Å². The summed E-state index contributed by atoms with van der Waals surface area (Å²) in [5.74, 6) is 6.42. The molecule has 2 rings (SSSR count). The molecule has 0 aromatic heterocycles. The summed E-state index contributed by atoms with van der Waals surface area (Å²) in [7, 11) is 0. The molecule has 76 valence electrons. The summed E-state index contributed by atoms with van der Waals surface area (Å²) in [5, 5.41) is 0. The van der Waals surface area contributed by atoms with E-state index in [4.69, 9.17) is 0 Å². The molecule has 2 fully saturated rings. The summed E-state index contributed by atoms with van der Waals surface area (Å²) in [4.78, 5) is 0. The Morgan fingerprint density at radius 2 is 1.46 bits per heavy atom. The molecular weight excluding hydrogens is 156 g/mol. The molecule has 0 spiro atoms. The van der Waals surface area contributed by atoms with Crippen LogP contribution in [0.3, 0.4) is 0 Å². The van der Waals surface area contributed by atoms with Crippen molar-refractivity contribution in [3.8, 4) is 0 Å². The van der Waals surface area contributed by atoms with E-state index >= 15 is 0 Å². The van der Waals surface area contributed by atoms with Crippen LogP contribution in [-0.4, -0.2) is 0 Å². The van der Waals surface area contributed by atoms with E-state index < -0.39 is 0 Å². The largest absolute Gasteiger partial charge is 0.0651 e. The summed E-state index contributed by atoms with van der Waals surface area (Å²) in [6, 6.07) is 0. The van der Waals surface area contributed by atoms with E-state index in [0.29, 0.717) is 0 Å². The molecule has 0 nitrogen and oxygen atoms in total. The van der Waals surface area contributed by atoms with Gasteiger partial charge in [0.05, 0.1) is 0 Å². The second-order valence-corrected chi connectivity index (χ2v) is 5.49. The van der Waals surface area contributed by atoms with E-state index in [2.05, 4.69) is 27.7 Å². The Hall–Kier alpha value is 0. The summed E-state index contributed by atoms with van der Waals surface area (Å²) in [6.45, 7) is 9.73. The monoisotopic (exact) mass is 180 g/mol. The summed E-state index contributed by atoms with van der Waals surface area (Å²) < 4.78 is 0. The lowest BCUT2D eigenvalue weighted by Gasteiger charge is -2.31. The fourth-order valence-electron chi connectivity index (χ4n) is 4.35. The van der Waals surface area contributed by atoms with Gasteiger partial charge in [0.25, 0.3) is 0 Å². The molecule has 2 saturated carbocycles. The first-order valence-corrected chi connectivity index (χ1v) is 6.20. The highest BCUT2D eigenvalue weighted by molar-refractivity contribution is 5.05. The minimum Gasteiger partial charge on any atom is -0.0651 e. The Kier molecular flexibility index (Phi) is 2.42. The second kappa shape index (κ2) is 3.29. The van der Waals surface area contributed by atoms with Crippen LogP contribution < -0.4 is 0 Å². The second-order valence-electron chi connectivity index (χ2n) is 5.49. The Labute approximate surface area is 83.1 Å². The first-order chi connectivity index (χ1) is 6.20. The smallest absolute Gasteiger partial charge is 0.0319 e. The lowest BCUT2D eigenvalue weighted by molar-refractivity contribution is 0.184. The predicted molar refractivity (Wildman–Crippen MR) is 57.5 cm³/mol. The number of hydrogen-bond donors (Lipinski definition) is 0. The van der Waals surface area contributed by atoms with Gasteiger partial charge in [0.2, 0.25) is 0 Å². The molecule has 0 N–H and O–H groups in total. The molecule has 0 radical (unpaired) electrons. The van der Waals surface area contributed by atoms with Gasteiger partial charge >= 0.3 is 0 Å². The Bertz CT molecular complexity index is 184. The number of fused-ring (bicyclic) bond motifs is 1. The van der Waals surface area contributed by atoms with Crippen molar-refractivity contribution in [2.75, 3.05) is 0 Å². The van der Waals surface area contributed by atoms with Crippen molar-refractivity contribution < 1.29 is 0 Å². The van der Waals surface area contributed by atoms with E-state index in [1.54, 1.807) is 0 Å². The molecule has 0 aromatic carbocycles. The van der Waals surface area contributed by atoms with Crippen molar-refractivity contribution in [1.82, 2.24) is 0 Å². The van der Waals surface area contributed by atoms with Crippen LogP contribution in [0, 0.1) is 35.5 Å². The van der Waals surface area contributed by atoms with E-state index in [1.165, 1.54) is 19.3 Å². The molecule has 0 saturated heterocycles. The minimum absolute atomic E-state index is 0.998. The molecule has 6 unspecified atom stereocenters. The van der Waals surface area contributed by atoms with Crippen LogP contribution in [0.5, 0.6) is 0 Å². The van der Waals surface area contributed by atoms with Gasteiger partial charge in [-0.1, -0.05) is 40.5 Å². The number of rotatable bonds is 2. The van der Waals surface area contributed by atoms with E-state index in [-0.39, 0.29) is 0 Å². The van der Waals surface area contributed by atoms with Crippen molar-refractivity contribution in [3.05, 3.63) is 0 Å². The van der Waals surface area contributed by atoms with Crippen molar-refractivity contribution in [2.45, 2.75) is 47.0 Å². The zero-order valence-corrected chi connectivity index (χ0v) is 9.59. The minimum atomic E-state index is 0.998. The van der Waals surface area contributed by atoms with E-state index in [9.17, 15) is 0 Å². The maximum Gasteiger partial charge on any atom is -0.0319 e. The predicted octanol–water partition coefficient (Wildman–Crippen LogP) is 3.96. The van der Waals surface area contributed by atoms with Crippen molar-refractivity contribution >= 4 is 0 Å². The van der Waals surface area contributed by atoms with Crippen molar-refractivity contribution in [2.24, 2.45) is 35.5 Å². The molecule has 2 aliphatic carbocycles. The van der Waals surface area contributed by atoms with E-state index in [0.717, 1.165) is 35.5 Å². The van der Waals surface area contributed by atoms with Gasteiger partial charge in [-0.05, 0) is 41.9 Å². The highest BCUT2D eigenvalue weighted by atomic mass is 14.6. The van der Waals surface area contributed by atoms with Gasteiger partial charge in [-0.2, -0.15) is 0 Å². The summed E-state index contributed by atoms with van der Waals surface area (Å²) in [5.41, 5.74) is 0. The first kappa shape index (κ1) is 9.55. The van der Waals surface area contributed by atoms with Gasteiger partial charge in [0.15, 0.2) is 0 Å². The molecule has 0 heterocycles. The zero-order valence-electron chi connectivity index (χ0n) is 9.59. The van der Waals surface area contributed by atoms with Crippen LogP contribution in [-0.2, 0) is 0 Å². The van der Waals surface area contributed by atoms with Crippen LogP contribution in [0.4, 0.5) is 0 Å². The fraction of sp³-hybridized carbons (Fsp3) is 1.00. The fourth-order valence-corrected chi connectivity index (χ4v) is 4.35. The molecule has 0 bridgehead atoms. The SMILES string of the molecule is CCC1C(C)CC(C)C2C(CC)C12. The van der Waals surface area contributed by atoms with Gasteiger partial charge in [0, 0.05) is 0 Å². The molecule has 6 atom stereocenters. The normalized spacial score (nSPS) is 54.5. The zero-order chi connectivity index (χ0) is 9.59. The van der Waals surface area contributed by atoms with Crippen LogP contribution in [0.1, 0.15) is 47.0 Å². The lowest BCUT2D eigenvalue weighted by Crippen LogP contribution is -2.23. The maximum atomic E-state index is 2.48. The Morgan fingerprint density at radius 1 is 0.846 bits per heavy atom. The molecule has 0 aromatic rings. The summed E-state index contributed by atoms with van der Waals surface area (Å²) >= 11 is 0. The third-order valence-electron chi connectivity index (χ3n) is 4.86. The maximum absolute atomic E-state index is 2.48. The lowest BCUT2D eigenvalue weighted by atomic mass is 9.74. The van der Waals surface area contributed by atoms with Gasteiger partial charge in [-0.3, -0.25) is 0 Å². The highest BCUT2D eigenvalue weighted by Crippen LogP contribution is 2.63. The van der Waals surface area contributed by atoms with Gasteiger partial charge < -0.3 is 0 Å².